The molecule has 2 aliphatic heterocycles. The highest BCUT2D eigenvalue weighted by Gasteiger charge is 2.35. The molecule has 0 spiro atoms. The molecular weight excluding hydrogens is 212 g/mol. The Kier molecular flexibility index (Phi) is 4.45. The van der Waals surface area contributed by atoms with Crippen molar-refractivity contribution < 1.29 is 4.74 Å². The van der Waals surface area contributed by atoms with Gasteiger partial charge in [-0.1, -0.05) is 0 Å². The standard InChI is InChI=1S/C14H28N2O/c1-14(2)7-6-12(9-15-3)10-16(14)11-13-5-4-8-17-13/h12-13,15H,4-11H2,1-3H3. The molecule has 0 bridgehead atoms. The van der Waals surface area contributed by atoms with E-state index in [4.69, 9.17) is 4.74 Å². The molecule has 2 aliphatic rings. The van der Waals surface area contributed by atoms with E-state index in [1.165, 1.54) is 32.2 Å². The number of hydrogen-bond donors (Lipinski definition) is 1. The number of hydrogen-bond acceptors (Lipinski definition) is 3. The minimum Gasteiger partial charge on any atom is -0.377 e. The maximum atomic E-state index is 5.79. The molecule has 2 atom stereocenters. The van der Waals surface area contributed by atoms with E-state index in [9.17, 15) is 0 Å². The van der Waals surface area contributed by atoms with Crippen molar-refractivity contribution in [3.8, 4) is 0 Å². The molecule has 2 unspecified atom stereocenters. The zero-order valence-corrected chi connectivity index (χ0v) is 11.7. The van der Waals surface area contributed by atoms with Crippen LogP contribution in [0.3, 0.4) is 0 Å². The lowest BCUT2D eigenvalue weighted by Crippen LogP contribution is -2.54. The normalized spacial score (nSPS) is 34.1. The SMILES string of the molecule is CNCC1CCC(C)(C)N(CC2CCCO2)C1. The van der Waals surface area contributed by atoms with Crippen LogP contribution < -0.4 is 5.32 Å². The Morgan fingerprint density at radius 2 is 2.18 bits per heavy atom. The van der Waals surface area contributed by atoms with Crippen LogP contribution in [0.5, 0.6) is 0 Å². The van der Waals surface area contributed by atoms with Gasteiger partial charge in [0, 0.05) is 25.2 Å². The monoisotopic (exact) mass is 240 g/mol. The lowest BCUT2D eigenvalue weighted by Gasteiger charge is -2.46. The maximum Gasteiger partial charge on any atom is 0.0703 e. The number of likely N-dealkylation sites (tertiary alicyclic amines) is 1. The number of piperidine rings is 1. The molecule has 2 rings (SSSR count). The fourth-order valence-electron chi connectivity index (χ4n) is 3.18. The van der Waals surface area contributed by atoms with Gasteiger partial charge in [-0.05, 0) is 59.0 Å². The van der Waals surface area contributed by atoms with Gasteiger partial charge >= 0.3 is 0 Å². The summed E-state index contributed by atoms with van der Waals surface area (Å²) in [6, 6.07) is 0. The van der Waals surface area contributed by atoms with E-state index >= 15 is 0 Å². The van der Waals surface area contributed by atoms with Gasteiger partial charge in [0.1, 0.15) is 0 Å². The molecule has 17 heavy (non-hydrogen) atoms. The molecule has 3 nitrogen and oxygen atoms in total. The summed E-state index contributed by atoms with van der Waals surface area (Å²) >= 11 is 0. The molecule has 2 saturated heterocycles. The van der Waals surface area contributed by atoms with Gasteiger partial charge in [-0.15, -0.1) is 0 Å². The van der Waals surface area contributed by atoms with Crippen molar-refractivity contribution in [1.82, 2.24) is 10.2 Å². The Labute approximate surface area is 106 Å². The van der Waals surface area contributed by atoms with Crippen molar-refractivity contribution in [2.75, 3.05) is 33.3 Å². The third kappa shape index (κ3) is 3.43. The lowest BCUT2D eigenvalue weighted by atomic mass is 9.84. The summed E-state index contributed by atoms with van der Waals surface area (Å²) in [5.41, 5.74) is 0.357. The maximum absolute atomic E-state index is 5.79. The topological polar surface area (TPSA) is 24.5 Å². The lowest BCUT2D eigenvalue weighted by molar-refractivity contribution is -0.00395. The smallest absolute Gasteiger partial charge is 0.0703 e. The summed E-state index contributed by atoms with van der Waals surface area (Å²) in [6.45, 7) is 9.26. The summed E-state index contributed by atoms with van der Waals surface area (Å²) < 4.78 is 5.79. The van der Waals surface area contributed by atoms with E-state index in [0.717, 1.165) is 25.6 Å². The summed E-state index contributed by atoms with van der Waals surface area (Å²) in [7, 11) is 2.06. The predicted molar refractivity (Wildman–Crippen MR) is 71.3 cm³/mol. The number of rotatable bonds is 4. The van der Waals surface area contributed by atoms with Gasteiger partial charge in [0.2, 0.25) is 0 Å². The van der Waals surface area contributed by atoms with Crippen molar-refractivity contribution in [2.45, 2.75) is 51.2 Å². The molecule has 0 radical (unpaired) electrons. The average molecular weight is 240 g/mol. The van der Waals surface area contributed by atoms with Crippen molar-refractivity contribution in [3.05, 3.63) is 0 Å². The van der Waals surface area contributed by atoms with E-state index in [0.29, 0.717) is 11.6 Å². The molecule has 3 heteroatoms. The van der Waals surface area contributed by atoms with Crippen LogP contribution in [-0.2, 0) is 4.74 Å². The van der Waals surface area contributed by atoms with E-state index in [1.807, 2.05) is 0 Å². The largest absolute Gasteiger partial charge is 0.377 e. The summed E-state index contributed by atoms with van der Waals surface area (Å²) in [5.74, 6) is 0.814. The third-order valence-corrected chi connectivity index (χ3v) is 4.44. The molecule has 2 heterocycles. The second-order valence-electron chi connectivity index (χ2n) is 6.31. The van der Waals surface area contributed by atoms with Crippen LogP contribution in [0, 0.1) is 5.92 Å². The zero-order chi connectivity index (χ0) is 12.3. The minimum absolute atomic E-state index is 0.357. The molecule has 0 aromatic carbocycles. The van der Waals surface area contributed by atoms with E-state index in [1.54, 1.807) is 0 Å². The van der Waals surface area contributed by atoms with Crippen LogP contribution in [-0.4, -0.2) is 49.8 Å². The summed E-state index contributed by atoms with van der Waals surface area (Å²) in [6.07, 6.45) is 5.66. The van der Waals surface area contributed by atoms with Gasteiger partial charge in [0.25, 0.3) is 0 Å². The van der Waals surface area contributed by atoms with Crippen molar-refractivity contribution >= 4 is 0 Å². The molecule has 0 saturated carbocycles. The fraction of sp³-hybridized carbons (Fsp3) is 1.00. The fourth-order valence-corrected chi connectivity index (χ4v) is 3.18. The van der Waals surface area contributed by atoms with Crippen LogP contribution in [0.25, 0.3) is 0 Å². The van der Waals surface area contributed by atoms with Crippen LogP contribution in [0.2, 0.25) is 0 Å². The molecular formula is C14H28N2O. The molecule has 2 fully saturated rings. The first-order chi connectivity index (χ1) is 8.12. The predicted octanol–water partition coefficient (Wildman–Crippen LogP) is 1.88. The molecule has 0 aromatic rings. The number of nitrogens with zero attached hydrogens (tertiary/aromatic N) is 1. The van der Waals surface area contributed by atoms with Crippen LogP contribution in [0.15, 0.2) is 0 Å². The van der Waals surface area contributed by atoms with E-state index in [2.05, 4.69) is 31.1 Å². The van der Waals surface area contributed by atoms with Gasteiger partial charge < -0.3 is 10.1 Å². The van der Waals surface area contributed by atoms with Crippen LogP contribution in [0.4, 0.5) is 0 Å². The highest BCUT2D eigenvalue weighted by atomic mass is 16.5. The van der Waals surface area contributed by atoms with Gasteiger partial charge in [-0.3, -0.25) is 4.90 Å². The van der Waals surface area contributed by atoms with Crippen LogP contribution in [0.1, 0.15) is 39.5 Å². The van der Waals surface area contributed by atoms with Gasteiger partial charge in [-0.25, -0.2) is 0 Å². The highest BCUT2D eigenvalue weighted by Crippen LogP contribution is 2.31. The van der Waals surface area contributed by atoms with Gasteiger partial charge in [0.15, 0.2) is 0 Å². The van der Waals surface area contributed by atoms with Crippen molar-refractivity contribution in [2.24, 2.45) is 5.92 Å². The first-order valence-electron chi connectivity index (χ1n) is 7.13. The van der Waals surface area contributed by atoms with Crippen LogP contribution >= 0.6 is 0 Å². The second kappa shape index (κ2) is 5.68. The zero-order valence-electron chi connectivity index (χ0n) is 11.7. The molecule has 100 valence electrons. The first-order valence-corrected chi connectivity index (χ1v) is 7.13. The molecule has 0 amide bonds. The Morgan fingerprint density at radius 1 is 1.35 bits per heavy atom. The van der Waals surface area contributed by atoms with E-state index < -0.39 is 0 Å². The van der Waals surface area contributed by atoms with Crippen molar-refractivity contribution in [3.63, 3.8) is 0 Å². The summed E-state index contributed by atoms with van der Waals surface area (Å²) in [4.78, 5) is 2.66. The summed E-state index contributed by atoms with van der Waals surface area (Å²) in [5, 5.41) is 3.32. The Bertz CT molecular complexity index is 236. The third-order valence-electron chi connectivity index (χ3n) is 4.44. The molecule has 1 N–H and O–H groups in total. The Morgan fingerprint density at radius 3 is 2.82 bits per heavy atom. The quantitative estimate of drug-likeness (QED) is 0.812. The highest BCUT2D eigenvalue weighted by molar-refractivity contribution is 4.90. The molecule has 0 aliphatic carbocycles. The average Bonchev–Trinajstić information content (AvgIpc) is 2.76. The Balaban J connectivity index is 1.90. The molecule has 0 aromatic heterocycles. The van der Waals surface area contributed by atoms with Gasteiger partial charge in [0.05, 0.1) is 6.10 Å². The number of ether oxygens (including phenoxy) is 1. The minimum atomic E-state index is 0.357. The van der Waals surface area contributed by atoms with E-state index in [-0.39, 0.29) is 0 Å². The Hall–Kier alpha value is -0.120. The number of nitrogens with one attached hydrogen (secondary N) is 1. The first kappa shape index (κ1) is 13.3. The second-order valence-corrected chi connectivity index (χ2v) is 6.31. The van der Waals surface area contributed by atoms with Gasteiger partial charge in [-0.2, -0.15) is 0 Å². The van der Waals surface area contributed by atoms with Crippen molar-refractivity contribution in [1.29, 1.82) is 0 Å².